The van der Waals surface area contributed by atoms with Gasteiger partial charge in [-0.2, -0.15) is 9.97 Å². The smallest absolute Gasteiger partial charge is 0.332 e. The fourth-order valence-corrected chi connectivity index (χ4v) is 8.07. The zero-order chi connectivity index (χ0) is 30.3. The Hall–Kier alpha value is -2.34. The monoisotopic (exact) mass is 630 g/mol. The van der Waals surface area contributed by atoms with Gasteiger partial charge in [-0.1, -0.05) is 11.6 Å². The highest BCUT2D eigenvalue weighted by Gasteiger charge is 2.47. The van der Waals surface area contributed by atoms with Gasteiger partial charge in [0.2, 0.25) is 0 Å². The van der Waals surface area contributed by atoms with Gasteiger partial charge in [0.1, 0.15) is 17.9 Å². The number of piperazine rings is 1. The highest BCUT2D eigenvalue weighted by molar-refractivity contribution is 6.30. The molecule has 2 unspecified atom stereocenters. The van der Waals surface area contributed by atoms with Crippen molar-refractivity contribution in [2.75, 3.05) is 57.4 Å². The van der Waals surface area contributed by atoms with Crippen LogP contribution in [-0.2, 0) is 14.3 Å². The minimum Gasteiger partial charge on any atom is -0.464 e. The van der Waals surface area contributed by atoms with Crippen LogP contribution in [0.15, 0.2) is 6.20 Å². The molecule has 2 atom stereocenters. The first kappa shape index (κ1) is 30.3. The normalized spacial score (nSPS) is 26.3. The predicted molar refractivity (Wildman–Crippen MR) is 165 cm³/mol. The van der Waals surface area contributed by atoms with Crippen LogP contribution in [0.3, 0.4) is 0 Å². The fraction of sp³-hybridized carbons (Fsp3) is 0.750. The molecule has 240 valence electrons. The molecule has 7 rings (SSSR count). The third kappa shape index (κ3) is 6.48. The molecule has 2 aromatic heterocycles. The minimum atomic E-state index is -0.626. The Kier molecular flexibility index (Phi) is 8.58. The van der Waals surface area contributed by atoms with Crippen LogP contribution in [0.1, 0.15) is 71.1 Å². The van der Waals surface area contributed by atoms with Gasteiger partial charge in [0, 0.05) is 43.3 Å². The molecule has 5 fully saturated rings. The Morgan fingerprint density at radius 1 is 1.07 bits per heavy atom. The van der Waals surface area contributed by atoms with Crippen molar-refractivity contribution in [2.45, 2.75) is 89.3 Å². The number of ether oxygens (including phenoxy) is 3. The molecular formula is C32H44ClFN6O4. The number of esters is 1. The largest absolute Gasteiger partial charge is 0.464 e. The van der Waals surface area contributed by atoms with Crippen molar-refractivity contribution >= 4 is 34.3 Å². The lowest BCUT2D eigenvalue weighted by atomic mass is 9.67. The fourth-order valence-electron chi connectivity index (χ4n) is 7.94. The topological polar surface area (TPSA) is 102 Å². The number of rotatable bonds is 10. The Morgan fingerprint density at radius 3 is 2.48 bits per heavy atom. The van der Waals surface area contributed by atoms with E-state index in [4.69, 9.17) is 30.8 Å². The van der Waals surface area contributed by atoms with E-state index in [0.717, 1.165) is 84.1 Å². The number of carbonyl (C=O) groups is 1. The summed E-state index contributed by atoms with van der Waals surface area (Å²) < 4.78 is 32.3. The molecule has 0 aromatic carbocycles. The summed E-state index contributed by atoms with van der Waals surface area (Å²) in [5.41, 5.74) is 0.652. The van der Waals surface area contributed by atoms with Crippen LogP contribution in [0.25, 0.3) is 10.9 Å². The highest BCUT2D eigenvalue weighted by atomic mass is 35.5. The van der Waals surface area contributed by atoms with Gasteiger partial charge in [0.25, 0.3) is 0 Å². The van der Waals surface area contributed by atoms with E-state index in [9.17, 15) is 4.79 Å². The number of aromatic nitrogens is 3. The molecule has 1 N–H and O–H groups in total. The van der Waals surface area contributed by atoms with E-state index in [2.05, 4.69) is 25.1 Å². The highest BCUT2D eigenvalue weighted by Crippen LogP contribution is 2.49. The summed E-state index contributed by atoms with van der Waals surface area (Å²) in [7, 11) is 0. The lowest BCUT2D eigenvalue weighted by Crippen LogP contribution is -2.51. The molecule has 3 saturated heterocycles. The van der Waals surface area contributed by atoms with Crippen LogP contribution in [0.2, 0.25) is 5.15 Å². The Bertz CT molecular complexity index is 1350. The van der Waals surface area contributed by atoms with Gasteiger partial charge in [0.05, 0.1) is 24.7 Å². The van der Waals surface area contributed by atoms with Gasteiger partial charge in [-0.05, 0) is 89.6 Å². The third-order valence-electron chi connectivity index (χ3n) is 10.8. The van der Waals surface area contributed by atoms with Crippen molar-refractivity contribution < 1.29 is 23.4 Å². The van der Waals surface area contributed by atoms with E-state index in [-0.39, 0.29) is 40.8 Å². The molecule has 3 aliphatic heterocycles. The standard InChI is InChI=1S/C32H44ClFN6O4/c1-2-42-25(41)18-43-23-5-7-31(8-6-23)11-13-39(14-12-31)19-32(9-10-32)20-44-30-37-27-24(15-35-28(33)26(27)34)29(38-30)40-16-21-3-4-22(17-40)36-21/h15,21-23,36H,2-14,16-20H2,1H3. The Balaban J connectivity index is 0.949. The average Bonchev–Trinajstić information content (AvgIpc) is 3.72. The van der Waals surface area contributed by atoms with E-state index < -0.39 is 5.82 Å². The summed E-state index contributed by atoms with van der Waals surface area (Å²) >= 11 is 6.06. The molecule has 2 saturated carbocycles. The molecular weight excluding hydrogens is 587 g/mol. The molecule has 44 heavy (non-hydrogen) atoms. The molecule has 0 radical (unpaired) electrons. The molecule has 5 heterocycles. The number of anilines is 1. The van der Waals surface area contributed by atoms with E-state index in [1.165, 1.54) is 12.8 Å². The number of hydrogen-bond donors (Lipinski definition) is 1. The maximum Gasteiger partial charge on any atom is 0.332 e. The molecule has 12 heteroatoms. The van der Waals surface area contributed by atoms with E-state index >= 15 is 4.39 Å². The second-order valence-corrected chi connectivity index (χ2v) is 14.2. The van der Waals surface area contributed by atoms with Crippen molar-refractivity contribution in [3.8, 4) is 6.01 Å². The summed E-state index contributed by atoms with van der Waals surface area (Å²) in [4.78, 5) is 29.9. The SMILES string of the molecule is CCOC(=O)COC1CCC2(CC1)CCN(CC1(COc3nc(N4CC5CCC(C4)N5)c4cnc(Cl)c(F)c4n3)CC1)CC2. The number of halogens is 2. The summed E-state index contributed by atoms with van der Waals surface area (Å²) in [6, 6.07) is 1.03. The van der Waals surface area contributed by atoms with Crippen molar-refractivity contribution in [2.24, 2.45) is 10.8 Å². The van der Waals surface area contributed by atoms with Gasteiger partial charge < -0.3 is 29.3 Å². The summed E-state index contributed by atoms with van der Waals surface area (Å²) in [5.74, 6) is -0.218. The van der Waals surface area contributed by atoms with Crippen molar-refractivity contribution in [3.63, 3.8) is 0 Å². The minimum absolute atomic E-state index is 0.0611. The van der Waals surface area contributed by atoms with Crippen LogP contribution in [-0.4, -0.2) is 96.6 Å². The zero-order valence-electron chi connectivity index (χ0n) is 25.7. The van der Waals surface area contributed by atoms with Gasteiger partial charge in [-0.25, -0.2) is 14.2 Å². The van der Waals surface area contributed by atoms with Crippen LogP contribution in [0.4, 0.5) is 10.2 Å². The lowest BCUT2D eigenvalue weighted by Gasteiger charge is -2.46. The van der Waals surface area contributed by atoms with Crippen LogP contribution in [0.5, 0.6) is 6.01 Å². The second-order valence-electron chi connectivity index (χ2n) is 13.9. The number of nitrogens with zero attached hydrogens (tertiary/aromatic N) is 5. The van der Waals surface area contributed by atoms with E-state index in [1.54, 1.807) is 6.20 Å². The summed E-state index contributed by atoms with van der Waals surface area (Å²) in [6.45, 7) is 7.60. The van der Waals surface area contributed by atoms with Crippen molar-refractivity contribution in [3.05, 3.63) is 17.2 Å². The third-order valence-corrected chi connectivity index (χ3v) is 11.1. The molecule has 2 aromatic rings. The molecule has 2 bridgehead atoms. The number of carbonyl (C=O) groups excluding carboxylic acids is 1. The van der Waals surface area contributed by atoms with Crippen LogP contribution >= 0.6 is 11.6 Å². The van der Waals surface area contributed by atoms with Crippen LogP contribution in [0, 0.1) is 16.6 Å². The Morgan fingerprint density at radius 2 is 1.80 bits per heavy atom. The Labute approximate surface area is 263 Å². The number of hydrogen-bond acceptors (Lipinski definition) is 10. The maximum atomic E-state index is 15.2. The van der Waals surface area contributed by atoms with Crippen molar-refractivity contribution in [1.82, 2.24) is 25.2 Å². The first-order valence-electron chi connectivity index (χ1n) is 16.5. The van der Waals surface area contributed by atoms with Gasteiger partial charge in [-0.3, -0.25) is 0 Å². The summed E-state index contributed by atoms with van der Waals surface area (Å²) in [6.07, 6.45) is 13.0. The average molecular weight is 631 g/mol. The number of pyridine rings is 1. The first-order chi connectivity index (χ1) is 21.3. The summed E-state index contributed by atoms with van der Waals surface area (Å²) in [5, 5.41) is 4.03. The second kappa shape index (κ2) is 12.5. The zero-order valence-corrected chi connectivity index (χ0v) is 26.4. The van der Waals surface area contributed by atoms with Crippen LogP contribution < -0.4 is 15.0 Å². The molecule has 5 aliphatic rings. The molecule has 0 amide bonds. The number of nitrogens with one attached hydrogen (secondary N) is 1. The molecule has 10 nitrogen and oxygen atoms in total. The van der Waals surface area contributed by atoms with E-state index in [1.807, 2.05) is 6.92 Å². The first-order valence-corrected chi connectivity index (χ1v) is 16.9. The van der Waals surface area contributed by atoms with Gasteiger partial charge in [0.15, 0.2) is 11.0 Å². The maximum absolute atomic E-state index is 15.2. The predicted octanol–water partition coefficient (Wildman–Crippen LogP) is 4.52. The number of fused-ring (bicyclic) bond motifs is 3. The molecule has 1 spiro atoms. The van der Waals surface area contributed by atoms with Crippen molar-refractivity contribution in [1.29, 1.82) is 0 Å². The van der Waals surface area contributed by atoms with E-state index in [0.29, 0.717) is 41.9 Å². The lowest BCUT2D eigenvalue weighted by molar-refractivity contribution is -0.151. The molecule has 2 aliphatic carbocycles. The van der Waals surface area contributed by atoms with Gasteiger partial charge >= 0.3 is 12.0 Å². The number of piperidine rings is 1. The quantitative estimate of drug-likeness (QED) is 0.298. The van der Waals surface area contributed by atoms with Gasteiger partial charge in [-0.15, -0.1) is 0 Å². The number of likely N-dealkylation sites (tertiary alicyclic amines) is 1.